The number of aromatic nitrogens is 3. The fraction of sp³-hybridized carbons (Fsp3) is 0.294. The second kappa shape index (κ2) is 7.39. The Bertz CT molecular complexity index is 739. The van der Waals surface area contributed by atoms with Crippen molar-refractivity contribution < 1.29 is 4.74 Å². The van der Waals surface area contributed by atoms with E-state index in [1.807, 2.05) is 35.1 Å². The van der Waals surface area contributed by atoms with Gasteiger partial charge >= 0.3 is 0 Å². The summed E-state index contributed by atoms with van der Waals surface area (Å²) >= 11 is 1.65. The highest BCUT2D eigenvalue weighted by molar-refractivity contribution is 7.13. The van der Waals surface area contributed by atoms with E-state index in [4.69, 9.17) is 9.72 Å². The molecule has 2 aromatic heterocycles. The summed E-state index contributed by atoms with van der Waals surface area (Å²) in [7, 11) is 1.68. The Balaban J connectivity index is 1.58. The van der Waals surface area contributed by atoms with Crippen LogP contribution in [0.15, 0.2) is 48.1 Å². The highest BCUT2D eigenvalue weighted by atomic mass is 32.1. The number of thiazole rings is 1. The molecule has 3 aromatic rings. The van der Waals surface area contributed by atoms with E-state index in [1.165, 1.54) is 0 Å². The van der Waals surface area contributed by atoms with Crippen molar-refractivity contribution in [2.45, 2.75) is 26.1 Å². The Hall–Kier alpha value is -2.18. The number of rotatable bonds is 7. The maximum absolute atomic E-state index is 5.27. The molecule has 5 nitrogen and oxygen atoms in total. The van der Waals surface area contributed by atoms with Crippen molar-refractivity contribution in [3.05, 3.63) is 53.8 Å². The molecule has 3 rings (SSSR count). The SMILES string of the molecule is COc1cccc(-c2nc(CN[C@H](C)Cn3cccn3)cs2)c1. The molecule has 0 aliphatic carbocycles. The first kappa shape index (κ1) is 15.7. The molecule has 0 fully saturated rings. The Kier molecular flexibility index (Phi) is 5.05. The minimum atomic E-state index is 0.330. The minimum absolute atomic E-state index is 0.330. The van der Waals surface area contributed by atoms with Crippen LogP contribution in [0.3, 0.4) is 0 Å². The zero-order valence-corrected chi connectivity index (χ0v) is 14.1. The van der Waals surface area contributed by atoms with Crippen molar-refractivity contribution in [3.63, 3.8) is 0 Å². The van der Waals surface area contributed by atoms with Gasteiger partial charge in [0.25, 0.3) is 0 Å². The van der Waals surface area contributed by atoms with Crippen molar-refractivity contribution in [3.8, 4) is 16.3 Å². The van der Waals surface area contributed by atoms with Crippen molar-refractivity contribution in [1.29, 1.82) is 0 Å². The average Bonchev–Trinajstić information content (AvgIpc) is 3.24. The van der Waals surface area contributed by atoms with E-state index in [9.17, 15) is 0 Å². The first-order chi connectivity index (χ1) is 11.2. The molecule has 0 amide bonds. The fourth-order valence-electron chi connectivity index (χ4n) is 2.31. The van der Waals surface area contributed by atoms with Gasteiger partial charge in [-0.05, 0) is 25.1 Å². The van der Waals surface area contributed by atoms with Gasteiger partial charge in [-0.2, -0.15) is 5.10 Å². The molecular formula is C17H20N4OS. The van der Waals surface area contributed by atoms with Gasteiger partial charge in [0.15, 0.2) is 0 Å². The molecule has 0 radical (unpaired) electrons. The van der Waals surface area contributed by atoms with Gasteiger partial charge in [-0.15, -0.1) is 11.3 Å². The van der Waals surface area contributed by atoms with Crippen LogP contribution in [0.5, 0.6) is 5.75 Å². The molecule has 0 aliphatic heterocycles. The third-order valence-corrected chi connectivity index (χ3v) is 4.46. The third kappa shape index (κ3) is 4.18. The lowest BCUT2D eigenvalue weighted by atomic mass is 10.2. The standard InChI is InChI=1S/C17H20N4OS/c1-13(11-21-8-4-7-19-21)18-10-15-12-23-17(20-15)14-5-3-6-16(9-14)22-2/h3-9,12-13,18H,10-11H2,1-2H3/t13-/m1/s1. The van der Waals surface area contributed by atoms with E-state index in [0.29, 0.717) is 6.04 Å². The summed E-state index contributed by atoms with van der Waals surface area (Å²) in [4.78, 5) is 4.70. The largest absolute Gasteiger partial charge is 0.497 e. The Morgan fingerprint density at radius 2 is 2.26 bits per heavy atom. The molecule has 23 heavy (non-hydrogen) atoms. The van der Waals surface area contributed by atoms with Gasteiger partial charge < -0.3 is 10.1 Å². The summed E-state index contributed by atoms with van der Waals surface area (Å²) in [5, 5.41) is 10.8. The van der Waals surface area contributed by atoms with Crippen LogP contribution in [-0.4, -0.2) is 27.9 Å². The van der Waals surface area contributed by atoms with Crippen LogP contribution < -0.4 is 10.1 Å². The fourth-order valence-corrected chi connectivity index (χ4v) is 3.13. The lowest BCUT2D eigenvalue weighted by molar-refractivity contribution is 0.415. The van der Waals surface area contributed by atoms with Gasteiger partial charge in [-0.3, -0.25) is 4.68 Å². The van der Waals surface area contributed by atoms with E-state index >= 15 is 0 Å². The minimum Gasteiger partial charge on any atom is -0.497 e. The summed E-state index contributed by atoms with van der Waals surface area (Å²) in [5.74, 6) is 0.852. The number of methoxy groups -OCH3 is 1. The van der Waals surface area contributed by atoms with E-state index in [0.717, 1.165) is 35.1 Å². The van der Waals surface area contributed by atoms with Gasteiger partial charge in [-0.1, -0.05) is 12.1 Å². The molecule has 2 heterocycles. The highest BCUT2D eigenvalue weighted by Gasteiger charge is 2.08. The maximum atomic E-state index is 5.27. The van der Waals surface area contributed by atoms with Crippen LogP contribution >= 0.6 is 11.3 Å². The van der Waals surface area contributed by atoms with E-state index in [1.54, 1.807) is 24.6 Å². The molecule has 0 saturated heterocycles. The molecule has 1 N–H and O–H groups in total. The molecule has 1 atom stereocenters. The van der Waals surface area contributed by atoms with Crippen LogP contribution in [0.25, 0.3) is 10.6 Å². The lowest BCUT2D eigenvalue weighted by Gasteiger charge is -2.12. The predicted octanol–water partition coefficient (Wildman–Crippen LogP) is 3.19. The summed E-state index contributed by atoms with van der Waals surface area (Å²) in [6, 6.07) is 10.3. The topological polar surface area (TPSA) is 52.0 Å². The zero-order valence-electron chi connectivity index (χ0n) is 13.3. The Labute approximate surface area is 140 Å². The van der Waals surface area contributed by atoms with Gasteiger partial charge in [0.2, 0.25) is 0 Å². The van der Waals surface area contributed by atoms with Crippen molar-refractivity contribution in [2.75, 3.05) is 7.11 Å². The number of nitrogens with one attached hydrogen (secondary N) is 1. The molecule has 6 heteroatoms. The number of ether oxygens (including phenoxy) is 1. The van der Waals surface area contributed by atoms with Gasteiger partial charge in [-0.25, -0.2) is 4.98 Å². The van der Waals surface area contributed by atoms with Crippen molar-refractivity contribution in [1.82, 2.24) is 20.1 Å². The van der Waals surface area contributed by atoms with Gasteiger partial charge in [0.1, 0.15) is 10.8 Å². The Morgan fingerprint density at radius 1 is 1.35 bits per heavy atom. The zero-order chi connectivity index (χ0) is 16.1. The average molecular weight is 328 g/mol. The summed E-state index contributed by atoms with van der Waals surface area (Å²) in [6.45, 7) is 3.75. The smallest absolute Gasteiger partial charge is 0.123 e. The first-order valence-electron chi connectivity index (χ1n) is 7.54. The predicted molar refractivity (Wildman–Crippen MR) is 92.6 cm³/mol. The second-order valence-corrected chi connectivity index (χ2v) is 6.24. The van der Waals surface area contributed by atoms with Crippen LogP contribution in [0.1, 0.15) is 12.6 Å². The summed E-state index contributed by atoms with van der Waals surface area (Å²) < 4.78 is 7.20. The third-order valence-electron chi connectivity index (χ3n) is 3.52. The molecule has 120 valence electrons. The summed E-state index contributed by atoms with van der Waals surface area (Å²) in [6.07, 6.45) is 3.77. The molecule has 0 saturated carbocycles. The van der Waals surface area contributed by atoms with Crippen LogP contribution in [-0.2, 0) is 13.1 Å². The van der Waals surface area contributed by atoms with Gasteiger partial charge in [0.05, 0.1) is 19.3 Å². The molecule has 1 aromatic carbocycles. The van der Waals surface area contributed by atoms with Crippen LogP contribution in [0.4, 0.5) is 0 Å². The number of nitrogens with zero attached hydrogens (tertiary/aromatic N) is 3. The highest BCUT2D eigenvalue weighted by Crippen LogP contribution is 2.26. The molecule has 0 aliphatic rings. The van der Waals surface area contributed by atoms with Gasteiger partial charge in [0, 0.05) is 35.9 Å². The number of benzene rings is 1. The van der Waals surface area contributed by atoms with Crippen LogP contribution in [0.2, 0.25) is 0 Å². The van der Waals surface area contributed by atoms with E-state index in [-0.39, 0.29) is 0 Å². The first-order valence-corrected chi connectivity index (χ1v) is 8.42. The molecular weight excluding hydrogens is 308 g/mol. The molecule has 0 unspecified atom stereocenters. The lowest BCUT2D eigenvalue weighted by Crippen LogP contribution is -2.30. The van der Waals surface area contributed by atoms with E-state index < -0.39 is 0 Å². The van der Waals surface area contributed by atoms with Crippen molar-refractivity contribution >= 4 is 11.3 Å². The van der Waals surface area contributed by atoms with Crippen molar-refractivity contribution in [2.24, 2.45) is 0 Å². The summed E-state index contributed by atoms with van der Waals surface area (Å²) in [5.41, 5.74) is 2.14. The van der Waals surface area contributed by atoms with E-state index in [2.05, 4.69) is 28.8 Å². The number of hydrogen-bond acceptors (Lipinski definition) is 5. The second-order valence-electron chi connectivity index (χ2n) is 5.39. The monoisotopic (exact) mass is 328 g/mol. The maximum Gasteiger partial charge on any atom is 0.123 e. The van der Waals surface area contributed by atoms with Crippen LogP contribution in [0, 0.1) is 0 Å². The molecule has 0 spiro atoms. The Morgan fingerprint density at radius 3 is 3.04 bits per heavy atom. The normalized spacial score (nSPS) is 12.3. The number of hydrogen-bond donors (Lipinski definition) is 1. The quantitative estimate of drug-likeness (QED) is 0.724. The molecule has 0 bridgehead atoms.